The number of fused-ring (bicyclic) bond motifs is 2. The third-order valence-corrected chi connectivity index (χ3v) is 7.11. The van der Waals surface area contributed by atoms with Gasteiger partial charge in [0.05, 0.1) is 11.3 Å². The van der Waals surface area contributed by atoms with Crippen LogP contribution < -0.4 is 24.5 Å². The molecule has 0 bridgehead atoms. The average Bonchev–Trinajstić information content (AvgIpc) is 3.44. The van der Waals surface area contributed by atoms with Gasteiger partial charge in [0.2, 0.25) is 12.7 Å². The number of aromatic nitrogens is 2. The van der Waals surface area contributed by atoms with Gasteiger partial charge in [0.15, 0.2) is 17.2 Å². The lowest BCUT2D eigenvalue weighted by Crippen LogP contribution is -2.33. The van der Waals surface area contributed by atoms with E-state index in [1.807, 2.05) is 0 Å². The number of hydrogen-bond donors (Lipinski definition) is 1. The van der Waals surface area contributed by atoms with Crippen LogP contribution in [0.1, 0.15) is 17.2 Å². The maximum atomic E-state index is 13.1. The smallest absolute Gasteiger partial charge is 0.306 e. The molecule has 4 heterocycles. The highest BCUT2D eigenvalue weighted by Crippen LogP contribution is 2.42. The van der Waals surface area contributed by atoms with Gasteiger partial charge in [-0.3, -0.25) is 14.2 Å². The Labute approximate surface area is 209 Å². The van der Waals surface area contributed by atoms with Crippen molar-refractivity contribution in [2.75, 3.05) is 24.1 Å². The molecule has 182 valence electrons. The molecule has 2 aromatic heterocycles. The van der Waals surface area contributed by atoms with Crippen molar-refractivity contribution in [3.8, 4) is 17.2 Å². The predicted molar refractivity (Wildman–Crippen MR) is 129 cm³/mol. The molecule has 0 unspecified atom stereocenters. The Morgan fingerprint density at radius 2 is 2.06 bits per heavy atom. The normalized spacial score (nSPS) is 16.1. The minimum absolute atomic E-state index is 0.0229. The number of carbonyl (C=O) groups is 1. The number of carbonyl (C=O) groups excluding carboxylic acids is 1. The molecule has 1 N–H and O–H groups in total. The number of rotatable bonds is 6. The van der Waals surface area contributed by atoms with Crippen LogP contribution in [0.25, 0.3) is 0 Å². The fourth-order valence-electron chi connectivity index (χ4n) is 3.79. The maximum absolute atomic E-state index is 13.1. The fourth-order valence-corrected chi connectivity index (χ4v) is 5.72. The Morgan fingerprint density at radius 3 is 2.80 bits per heavy atom. The highest BCUT2D eigenvalue weighted by molar-refractivity contribution is 7.99. The van der Waals surface area contributed by atoms with Crippen molar-refractivity contribution in [2.45, 2.75) is 17.5 Å². The zero-order valence-electron chi connectivity index (χ0n) is 18.2. The van der Waals surface area contributed by atoms with Crippen molar-refractivity contribution < 1.29 is 26.9 Å². The monoisotopic (exact) mass is 535 g/mol. The number of amides is 1. The molecule has 5 rings (SSSR count). The predicted octanol–water partition coefficient (Wildman–Crippen LogP) is 2.84. The number of nitrogens with zero attached hydrogens (tertiary/aromatic N) is 2. The van der Waals surface area contributed by atoms with Crippen LogP contribution in [-0.2, 0) is 21.3 Å². The lowest BCUT2D eigenvalue weighted by atomic mass is 10.0. The van der Waals surface area contributed by atoms with E-state index in [-0.39, 0.29) is 35.6 Å². The van der Waals surface area contributed by atoms with Crippen LogP contribution in [0.4, 0.5) is 5.82 Å². The van der Waals surface area contributed by atoms with Gasteiger partial charge in [-0.15, -0.1) is 11.8 Å². The van der Waals surface area contributed by atoms with Crippen LogP contribution in [0.3, 0.4) is 0 Å². The molecular formula is C22H18ClN3O7S2. The first-order chi connectivity index (χ1) is 16.7. The first kappa shape index (κ1) is 23.5. The largest absolute Gasteiger partial charge is 0.454 e. The van der Waals surface area contributed by atoms with E-state index in [0.717, 1.165) is 11.8 Å². The van der Waals surface area contributed by atoms with Crippen molar-refractivity contribution in [3.63, 3.8) is 0 Å². The molecule has 0 aliphatic carbocycles. The second kappa shape index (κ2) is 9.10. The summed E-state index contributed by atoms with van der Waals surface area (Å²) in [6.45, 7) is 0.118. The van der Waals surface area contributed by atoms with Gasteiger partial charge in [-0.2, -0.15) is 8.42 Å². The Bertz CT molecular complexity index is 1490. The zero-order valence-corrected chi connectivity index (χ0v) is 20.6. The second-order valence-corrected chi connectivity index (χ2v) is 10.9. The van der Waals surface area contributed by atoms with Gasteiger partial charge in [0.25, 0.3) is 5.56 Å². The van der Waals surface area contributed by atoms with E-state index in [2.05, 4.69) is 10.3 Å². The first-order valence-electron chi connectivity index (χ1n) is 10.3. The highest BCUT2D eigenvalue weighted by Gasteiger charge is 2.35. The van der Waals surface area contributed by atoms with Crippen molar-refractivity contribution in [3.05, 3.63) is 69.1 Å². The summed E-state index contributed by atoms with van der Waals surface area (Å²) in [7, 11) is -3.92. The summed E-state index contributed by atoms with van der Waals surface area (Å²) < 4.78 is 41.5. The fraction of sp³-hybridized carbons (Fsp3) is 0.227. The molecule has 35 heavy (non-hydrogen) atoms. The van der Waals surface area contributed by atoms with Gasteiger partial charge in [0, 0.05) is 30.0 Å². The average molecular weight is 536 g/mol. The maximum Gasteiger partial charge on any atom is 0.306 e. The van der Waals surface area contributed by atoms with Gasteiger partial charge in [-0.1, -0.05) is 17.7 Å². The molecule has 3 aromatic rings. The van der Waals surface area contributed by atoms with Gasteiger partial charge in [0.1, 0.15) is 16.9 Å². The Hall–Kier alpha value is -3.22. The Kier molecular flexibility index (Phi) is 6.11. The summed E-state index contributed by atoms with van der Waals surface area (Å²) in [5.41, 5.74) is 0.687. The van der Waals surface area contributed by atoms with Crippen LogP contribution in [-0.4, -0.2) is 42.7 Å². The molecule has 0 spiro atoms. The van der Waals surface area contributed by atoms with Crippen LogP contribution in [0.15, 0.2) is 52.4 Å². The third kappa shape index (κ3) is 4.95. The number of pyridine rings is 2. The van der Waals surface area contributed by atoms with E-state index in [9.17, 15) is 18.0 Å². The van der Waals surface area contributed by atoms with Gasteiger partial charge >= 0.3 is 10.1 Å². The third-order valence-electron chi connectivity index (χ3n) is 5.28. The first-order valence-corrected chi connectivity index (χ1v) is 13.5. The van der Waals surface area contributed by atoms with Crippen molar-refractivity contribution in [2.24, 2.45) is 0 Å². The topological polar surface area (TPSA) is 126 Å². The summed E-state index contributed by atoms with van der Waals surface area (Å²) in [6.07, 6.45) is 2.52. The lowest BCUT2D eigenvalue weighted by Gasteiger charge is -2.17. The SMILES string of the molecule is CS(=O)(=O)Oc1c(Cc2ccc3c(c2)OCO3)cc(=O)n2c1SC[C@H]2C(=O)Nc1ccc(Cl)cn1. The molecule has 2 aliphatic rings. The molecule has 0 saturated carbocycles. The van der Waals surface area contributed by atoms with Crippen molar-refractivity contribution in [1.29, 1.82) is 0 Å². The standard InChI is InChI=1S/C22H18ClN3O7S2/c1-35(29,30)33-20-13(6-12-2-4-16-17(7-12)32-11-31-16)8-19(27)26-15(10-34-22(20)26)21(28)25-18-5-3-14(23)9-24-18/h2-5,7-9,15H,6,10-11H2,1H3,(H,24,25,28)/t15-/m0/s1. The van der Waals surface area contributed by atoms with Crippen LogP contribution in [0, 0.1) is 0 Å². The zero-order chi connectivity index (χ0) is 24.7. The van der Waals surface area contributed by atoms with E-state index in [1.165, 1.54) is 28.6 Å². The molecule has 0 fully saturated rings. The summed E-state index contributed by atoms with van der Waals surface area (Å²) in [6, 6.07) is 8.83. The van der Waals surface area contributed by atoms with Gasteiger partial charge < -0.3 is 19.0 Å². The lowest BCUT2D eigenvalue weighted by molar-refractivity contribution is -0.118. The van der Waals surface area contributed by atoms with Crippen molar-refractivity contribution in [1.82, 2.24) is 9.55 Å². The summed E-state index contributed by atoms with van der Waals surface area (Å²) >= 11 is 7.00. The molecule has 0 radical (unpaired) electrons. The molecule has 1 atom stereocenters. The molecule has 2 aliphatic heterocycles. The number of hydrogen-bond acceptors (Lipinski definition) is 9. The molecule has 1 amide bonds. The number of benzene rings is 1. The molecule has 0 saturated heterocycles. The van der Waals surface area contributed by atoms with Gasteiger partial charge in [-0.05, 0) is 29.8 Å². The van der Waals surface area contributed by atoms with Crippen LogP contribution in [0.2, 0.25) is 5.02 Å². The van der Waals surface area contributed by atoms with Crippen LogP contribution >= 0.6 is 23.4 Å². The van der Waals surface area contributed by atoms with Crippen LogP contribution in [0.5, 0.6) is 17.2 Å². The van der Waals surface area contributed by atoms with Gasteiger partial charge in [-0.25, -0.2) is 4.98 Å². The Balaban J connectivity index is 1.51. The highest BCUT2D eigenvalue weighted by atomic mass is 35.5. The van der Waals surface area contributed by atoms with E-state index in [4.69, 9.17) is 25.3 Å². The summed E-state index contributed by atoms with van der Waals surface area (Å²) in [4.78, 5) is 30.1. The number of halogens is 1. The molecule has 13 heteroatoms. The summed E-state index contributed by atoms with van der Waals surface area (Å²) in [5, 5.41) is 3.34. The van der Waals surface area contributed by atoms with Crippen molar-refractivity contribution >= 4 is 45.2 Å². The number of ether oxygens (including phenoxy) is 2. The molecular weight excluding hydrogens is 518 g/mol. The van der Waals surface area contributed by atoms with E-state index in [0.29, 0.717) is 22.1 Å². The van der Waals surface area contributed by atoms with E-state index >= 15 is 0 Å². The summed E-state index contributed by atoms with van der Waals surface area (Å²) in [5.74, 6) is 1.21. The van der Waals surface area contributed by atoms with E-state index in [1.54, 1.807) is 30.3 Å². The second-order valence-electron chi connectivity index (χ2n) is 7.84. The molecule has 10 nitrogen and oxygen atoms in total. The number of nitrogens with one attached hydrogen (secondary N) is 1. The van der Waals surface area contributed by atoms with E-state index < -0.39 is 27.6 Å². The molecule has 1 aromatic carbocycles. The Morgan fingerprint density at radius 1 is 1.26 bits per heavy atom. The quantitative estimate of drug-likeness (QED) is 0.474. The minimum atomic E-state index is -3.92. The number of anilines is 1. The number of thioether (sulfide) groups is 1. The minimum Gasteiger partial charge on any atom is -0.454 e.